The van der Waals surface area contributed by atoms with E-state index in [-0.39, 0.29) is 4.90 Å². The lowest BCUT2D eigenvalue weighted by molar-refractivity contribution is 0.482. The molecule has 0 unspecified atom stereocenters. The third-order valence-electron chi connectivity index (χ3n) is 4.53. The molecule has 0 saturated carbocycles. The minimum absolute atomic E-state index is 0.0665. The van der Waals surface area contributed by atoms with Crippen LogP contribution in [-0.4, -0.2) is 13.0 Å². The molecule has 0 bridgehead atoms. The van der Waals surface area contributed by atoms with Crippen LogP contribution in [0.1, 0.15) is 63.5 Å². The van der Waals surface area contributed by atoms with E-state index in [2.05, 4.69) is 19.9 Å². The Kier molecular flexibility index (Phi) is 6.81. The van der Waals surface area contributed by atoms with Gasteiger partial charge in [0, 0.05) is 0 Å². The summed E-state index contributed by atoms with van der Waals surface area (Å²) in [6, 6.07) is 9.63. The van der Waals surface area contributed by atoms with Gasteiger partial charge in [0.15, 0.2) is 0 Å². The van der Waals surface area contributed by atoms with Crippen molar-refractivity contribution in [1.82, 2.24) is 0 Å². The van der Waals surface area contributed by atoms with E-state index in [1.807, 2.05) is 18.2 Å². The summed E-state index contributed by atoms with van der Waals surface area (Å²) in [7, 11) is -4.20. The molecule has 0 aliphatic carbocycles. The minimum Gasteiger partial charge on any atom is -0.282 e. The van der Waals surface area contributed by atoms with Crippen molar-refractivity contribution in [1.29, 1.82) is 0 Å². The topological polar surface area (TPSA) is 54.4 Å². The molecule has 0 radical (unpaired) electrons. The Morgan fingerprint density at radius 2 is 1.50 bits per heavy atom. The van der Waals surface area contributed by atoms with Crippen LogP contribution in [0.3, 0.4) is 0 Å². The first-order valence-corrected chi connectivity index (χ1v) is 10.4. The molecular weight excluding hydrogens is 320 g/mol. The zero-order valence-electron chi connectivity index (χ0n) is 14.7. The van der Waals surface area contributed by atoms with Crippen molar-refractivity contribution in [2.75, 3.05) is 0 Å². The van der Waals surface area contributed by atoms with Gasteiger partial charge in [-0.2, -0.15) is 8.42 Å². The van der Waals surface area contributed by atoms with Crippen LogP contribution >= 0.6 is 0 Å². The first-order chi connectivity index (χ1) is 11.5. The van der Waals surface area contributed by atoms with E-state index < -0.39 is 10.1 Å². The molecule has 0 aliphatic heterocycles. The van der Waals surface area contributed by atoms with Crippen molar-refractivity contribution < 1.29 is 13.0 Å². The fourth-order valence-corrected chi connectivity index (χ4v) is 3.97. The molecule has 0 saturated heterocycles. The van der Waals surface area contributed by atoms with Gasteiger partial charge in [-0.3, -0.25) is 4.55 Å². The van der Waals surface area contributed by atoms with Crippen LogP contribution in [0.5, 0.6) is 0 Å². The van der Waals surface area contributed by atoms with Crippen LogP contribution in [0.25, 0.3) is 10.8 Å². The molecule has 3 nitrogen and oxygen atoms in total. The second-order valence-corrected chi connectivity index (χ2v) is 7.88. The average Bonchev–Trinajstić information content (AvgIpc) is 2.54. The first-order valence-electron chi connectivity index (χ1n) is 8.99. The molecule has 0 atom stereocenters. The van der Waals surface area contributed by atoms with Gasteiger partial charge in [-0.1, -0.05) is 57.7 Å². The van der Waals surface area contributed by atoms with E-state index in [0.717, 1.165) is 48.4 Å². The maximum atomic E-state index is 11.8. The first kappa shape index (κ1) is 18.9. The highest BCUT2D eigenvalue weighted by Gasteiger charge is 2.17. The quantitative estimate of drug-likeness (QED) is 0.477. The highest BCUT2D eigenvalue weighted by atomic mass is 32.2. The monoisotopic (exact) mass is 348 g/mol. The van der Waals surface area contributed by atoms with Crippen LogP contribution in [0, 0.1) is 0 Å². The van der Waals surface area contributed by atoms with Crippen molar-refractivity contribution in [2.45, 2.75) is 70.1 Å². The maximum absolute atomic E-state index is 11.8. The molecular formula is C20H28O3S. The van der Waals surface area contributed by atoms with Gasteiger partial charge in [-0.15, -0.1) is 0 Å². The van der Waals surface area contributed by atoms with Crippen LogP contribution in [-0.2, 0) is 23.0 Å². The molecule has 2 aromatic rings. The Labute approximate surface area is 145 Å². The van der Waals surface area contributed by atoms with Gasteiger partial charge in [-0.05, 0) is 59.7 Å². The van der Waals surface area contributed by atoms with Crippen LogP contribution in [0.4, 0.5) is 0 Å². The summed E-state index contributed by atoms with van der Waals surface area (Å²) >= 11 is 0. The van der Waals surface area contributed by atoms with Crippen molar-refractivity contribution >= 4 is 20.9 Å². The Balaban J connectivity index is 2.48. The molecule has 1 N–H and O–H groups in total. The fourth-order valence-electron chi connectivity index (χ4n) is 3.20. The standard InChI is InChI=1S/C20H28O3S/c1-3-5-7-10-16-12-9-13-17-15-20(24(21,22)23)18(14-19(16)17)11-8-6-4-2/h9,12-15H,3-8,10-11H2,1-2H3,(H,21,22,23). The Morgan fingerprint density at radius 3 is 2.08 bits per heavy atom. The predicted molar refractivity (Wildman–Crippen MR) is 100 cm³/mol. The SMILES string of the molecule is CCCCCc1cc2c(CCCCC)cccc2cc1S(=O)(=O)O. The molecule has 2 aromatic carbocycles. The lowest BCUT2D eigenvalue weighted by Gasteiger charge is -2.12. The highest BCUT2D eigenvalue weighted by molar-refractivity contribution is 7.85. The van der Waals surface area contributed by atoms with E-state index in [1.165, 1.54) is 18.4 Å². The van der Waals surface area contributed by atoms with Gasteiger partial charge in [0.05, 0.1) is 4.90 Å². The average molecular weight is 349 g/mol. The number of rotatable bonds is 9. The molecule has 4 heteroatoms. The van der Waals surface area contributed by atoms with E-state index >= 15 is 0 Å². The Hall–Kier alpha value is -1.39. The largest absolute Gasteiger partial charge is 0.294 e. The Morgan fingerprint density at radius 1 is 0.875 bits per heavy atom. The molecule has 0 heterocycles. The van der Waals surface area contributed by atoms with E-state index in [1.54, 1.807) is 6.07 Å². The molecule has 0 aromatic heterocycles. The van der Waals surface area contributed by atoms with E-state index in [0.29, 0.717) is 6.42 Å². The second-order valence-electron chi connectivity index (χ2n) is 6.49. The van der Waals surface area contributed by atoms with Crippen molar-refractivity contribution in [3.05, 3.63) is 41.5 Å². The molecule has 2 rings (SSSR count). The fraction of sp³-hybridized carbons (Fsp3) is 0.500. The van der Waals surface area contributed by atoms with Crippen molar-refractivity contribution in [3.63, 3.8) is 0 Å². The molecule has 24 heavy (non-hydrogen) atoms. The number of benzene rings is 2. The zero-order chi connectivity index (χ0) is 17.6. The smallest absolute Gasteiger partial charge is 0.282 e. The summed E-state index contributed by atoms with van der Waals surface area (Å²) in [5, 5.41) is 2.00. The Bertz CT molecular complexity index is 779. The van der Waals surface area contributed by atoms with E-state index in [9.17, 15) is 13.0 Å². The normalized spacial score (nSPS) is 12.0. The van der Waals surface area contributed by atoms with Crippen molar-refractivity contribution in [2.24, 2.45) is 0 Å². The van der Waals surface area contributed by atoms with Gasteiger partial charge in [-0.25, -0.2) is 0 Å². The van der Waals surface area contributed by atoms with Crippen LogP contribution in [0.2, 0.25) is 0 Å². The summed E-state index contributed by atoms with van der Waals surface area (Å²) in [6.07, 6.45) is 8.28. The highest BCUT2D eigenvalue weighted by Crippen LogP contribution is 2.28. The molecule has 0 aliphatic rings. The predicted octanol–water partition coefficient (Wildman–Crippen LogP) is 5.55. The third-order valence-corrected chi connectivity index (χ3v) is 5.46. The minimum atomic E-state index is -4.20. The second kappa shape index (κ2) is 8.63. The summed E-state index contributed by atoms with van der Waals surface area (Å²) in [5.74, 6) is 0. The van der Waals surface area contributed by atoms with Crippen LogP contribution < -0.4 is 0 Å². The molecule has 0 spiro atoms. The lowest BCUT2D eigenvalue weighted by Crippen LogP contribution is -2.04. The van der Waals surface area contributed by atoms with Crippen LogP contribution in [0.15, 0.2) is 35.2 Å². The summed E-state index contributed by atoms with van der Waals surface area (Å²) in [4.78, 5) is 0.0665. The third kappa shape index (κ3) is 4.81. The van der Waals surface area contributed by atoms with Gasteiger partial charge in [0.2, 0.25) is 0 Å². The van der Waals surface area contributed by atoms with Gasteiger partial charge in [0.25, 0.3) is 10.1 Å². The summed E-state index contributed by atoms with van der Waals surface area (Å²) < 4.78 is 33.2. The van der Waals surface area contributed by atoms with Crippen molar-refractivity contribution in [3.8, 4) is 0 Å². The molecule has 132 valence electrons. The summed E-state index contributed by atoms with van der Waals surface area (Å²) in [5.41, 5.74) is 2.00. The van der Waals surface area contributed by atoms with E-state index in [4.69, 9.17) is 0 Å². The zero-order valence-corrected chi connectivity index (χ0v) is 15.5. The lowest BCUT2D eigenvalue weighted by atomic mass is 9.96. The number of unbranched alkanes of at least 4 members (excludes halogenated alkanes) is 4. The van der Waals surface area contributed by atoms with Gasteiger partial charge < -0.3 is 0 Å². The number of fused-ring (bicyclic) bond motifs is 1. The number of hydrogen-bond acceptors (Lipinski definition) is 2. The maximum Gasteiger partial charge on any atom is 0.294 e. The number of hydrogen-bond donors (Lipinski definition) is 1. The number of aryl methyl sites for hydroxylation is 2. The van der Waals surface area contributed by atoms with Gasteiger partial charge in [0.1, 0.15) is 0 Å². The molecule has 0 amide bonds. The van der Waals surface area contributed by atoms with Gasteiger partial charge >= 0.3 is 0 Å². The summed E-state index contributed by atoms with van der Waals surface area (Å²) in [6.45, 7) is 4.31. The molecule has 0 fully saturated rings.